The molecule has 116 valence electrons. The summed E-state index contributed by atoms with van der Waals surface area (Å²) in [6.07, 6.45) is 0.977. The summed E-state index contributed by atoms with van der Waals surface area (Å²) in [5, 5.41) is 2.76. The number of carbonyl (C=O) groups excluding carboxylic acids is 1. The molecule has 1 N–H and O–H groups in total. The third-order valence-electron chi connectivity index (χ3n) is 3.11. The van der Waals surface area contributed by atoms with Crippen LogP contribution in [0, 0.1) is 0 Å². The third kappa shape index (κ3) is 5.48. The molecule has 0 saturated heterocycles. The lowest BCUT2D eigenvalue weighted by molar-refractivity contribution is -0.123. The molecule has 1 amide bonds. The van der Waals surface area contributed by atoms with Crippen molar-refractivity contribution in [1.29, 1.82) is 0 Å². The number of nitrogens with one attached hydrogen (secondary N) is 1. The van der Waals surface area contributed by atoms with Crippen LogP contribution in [0.4, 0.5) is 0 Å². The molecule has 0 fully saturated rings. The van der Waals surface area contributed by atoms with Gasteiger partial charge in [-0.25, -0.2) is 0 Å². The fraction of sp³-hybridized carbons (Fsp3) is 0.278. The van der Waals surface area contributed by atoms with E-state index >= 15 is 0 Å². The smallest absolute Gasteiger partial charge is 0.258 e. The van der Waals surface area contributed by atoms with E-state index in [4.69, 9.17) is 9.47 Å². The van der Waals surface area contributed by atoms with Crippen molar-refractivity contribution in [3.63, 3.8) is 0 Å². The highest BCUT2D eigenvalue weighted by Gasteiger charge is 2.02. The molecule has 0 saturated carbocycles. The maximum Gasteiger partial charge on any atom is 0.258 e. The molecule has 4 heteroatoms. The van der Waals surface area contributed by atoms with E-state index in [1.165, 1.54) is 5.56 Å². The highest BCUT2D eigenvalue weighted by Crippen LogP contribution is 2.13. The van der Waals surface area contributed by atoms with Crippen molar-refractivity contribution >= 4 is 5.91 Å². The summed E-state index contributed by atoms with van der Waals surface area (Å²) >= 11 is 0. The first-order valence-electron chi connectivity index (χ1n) is 7.44. The molecule has 0 unspecified atom stereocenters. The van der Waals surface area contributed by atoms with Crippen LogP contribution in [0.3, 0.4) is 0 Å². The molecule has 0 aromatic heterocycles. The Hall–Kier alpha value is -2.49. The fourth-order valence-corrected chi connectivity index (χ4v) is 1.93. The van der Waals surface area contributed by atoms with Crippen LogP contribution in [0.2, 0.25) is 0 Å². The maximum absolute atomic E-state index is 11.6. The van der Waals surface area contributed by atoms with Crippen LogP contribution < -0.4 is 14.8 Å². The summed E-state index contributed by atoms with van der Waals surface area (Å²) in [5.74, 6) is 1.36. The zero-order valence-electron chi connectivity index (χ0n) is 12.7. The molecule has 4 nitrogen and oxygen atoms in total. The van der Waals surface area contributed by atoms with Gasteiger partial charge in [0.05, 0.1) is 6.54 Å². The predicted molar refractivity (Wildman–Crippen MR) is 86.3 cm³/mol. The molecule has 0 aliphatic heterocycles. The molecule has 22 heavy (non-hydrogen) atoms. The van der Waals surface area contributed by atoms with Gasteiger partial charge in [0.25, 0.3) is 5.91 Å². The van der Waals surface area contributed by atoms with Gasteiger partial charge in [0.15, 0.2) is 6.61 Å². The van der Waals surface area contributed by atoms with Crippen molar-refractivity contribution in [3.05, 3.63) is 60.2 Å². The zero-order valence-corrected chi connectivity index (χ0v) is 12.7. The summed E-state index contributed by atoms with van der Waals surface area (Å²) < 4.78 is 11.0. The number of hydrogen-bond donors (Lipinski definition) is 1. The number of aryl methyl sites for hydroxylation is 1. The molecule has 0 aliphatic rings. The van der Waals surface area contributed by atoms with Crippen molar-refractivity contribution in [2.75, 3.05) is 19.8 Å². The highest BCUT2D eigenvalue weighted by atomic mass is 16.5. The minimum atomic E-state index is -0.158. The third-order valence-corrected chi connectivity index (χ3v) is 3.11. The van der Waals surface area contributed by atoms with E-state index in [2.05, 4.69) is 18.3 Å². The lowest BCUT2D eigenvalue weighted by Crippen LogP contribution is -2.32. The molecule has 2 rings (SSSR count). The zero-order chi connectivity index (χ0) is 15.6. The molecular weight excluding hydrogens is 278 g/mol. The fourth-order valence-electron chi connectivity index (χ4n) is 1.93. The molecule has 2 aromatic rings. The second-order valence-electron chi connectivity index (χ2n) is 4.80. The van der Waals surface area contributed by atoms with E-state index in [1.54, 1.807) is 0 Å². The van der Waals surface area contributed by atoms with E-state index in [1.807, 2.05) is 48.5 Å². The first-order valence-corrected chi connectivity index (χ1v) is 7.44. The van der Waals surface area contributed by atoms with Gasteiger partial charge in [-0.3, -0.25) is 4.79 Å². The van der Waals surface area contributed by atoms with Crippen LogP contribution in [-0.2, 0) is 11.2 Å². The summed E-state index contributed by atoms with van der Waals surface area (Å²) in [6, 6.07) is 17.2. The van der Waals surface area contributed by atoms with Gasteiger partial charge in [-0.1, -0.05) is 37.3 Å². The number of amides is 1. The number of rotatable bonds is 8. The molecular formula is C18H21NO3. The summed E-state index contributed by atoms with van der Waals surface area (Å²) in [7, 11) is 0. The van der Waals surface area contributed by atoms with E-state index in [0.717, 1.165) is 12.2 Å². The monoisotopic (exact) mass is 299 g/mol. The average molecular weight is 299 g/mol. The standard InChI is InChI=1S/C18H21NO3/c1-2-15-7-6-10-17(13-15)21-12-11-19-18(20)14-22-16-8-4-3-5-9-16/h3-10,13H,2,11-12,14H2,1H3,(H,19,20). The summed E-state index contributed by atoms with van der Waals surface area (Å²) in [5.41, 5.74) is 1.23. The molecule has 0 spiro atoms. The van der Waals surface area contributed by atoms with Gasteiger partial charge in [0, 0.05) is 0 Å². The van der Waals surface area contributed by atoms with Crippen molar-refractivity contribution in [3.8, 4) is 11.5 Å². The SMILES string of the molecule is CCc1cccc(OCCNC(=O)COc2ccccc2)c1. The average Bonchev–Trinajstić information content (AvgIpc) is 2.58. The predicted octanol–water partition coefficient (Wildman–Crippen LogP) is 2.82. The van der Waals surface area contributed by atoms with Crippen molar-refractivity contribution in [2.24, 2.45) is 0 Å². The van der Waals surface area contributed by atoms with E-state index in [0.29, 0.717) is 18.9 Å². The highest BCUT2D eigenvalue weighted by molar-refractivity contribution is 5.77. The molecule has 0 atom stereocenters. The largest absolute Gasteiger partial charge is 0.492 e. The van der Waals surface area contributed by atoms with E-state index in [9.17, 15) is 4.79 Å². The Labute approximate surface area is 131 Å². The Morgan fingerprint density at radius 3 is 2.55 bits per heavy atom. The van der Waals surface area contributed by atoms with Gasteiger partial charge in [-0.2, -0.15) is 0 Å². The first kappa shape index (κ1) is 15.9. The Morgan fingerprint density at radius 1 is 1.00 bits per heavy atom. The number of ether oxygens (including phenoxy) is 2. The van der Waals surface area contributed by atoms with E-state index in [-0.39, 0.29) is 12.5 Å². The lowest BCUT2D eigenvalue weighted by Gasteiger charge is -2.09. The number of carbonyl (C=O) groups is 1. The second-order valence-corrected chi connectivity index (χ2v) is 4.80. The summed E-state index contributed by atoms with van der Waals surface area (Å²) in [6.45, 7) is 3.00. The normalized spacial score (nSPS) is 10.0. The Kier molecular flexibility index (Phi) is 6.30. The Morgan fingerprint density at radius 2 is 1.77 bits per heavy atom. The molecule has 0 bridgehead atoms. The Bertz CT molecular complexity index is 584. The molecule has 0 radical (unpaired) electrons. The number of para-hydroxylation sites is 1. The number of benzene rings is 2. The summed E-state index contributed by atoms with van der Waals surface area (Å²) in [4.78, 5) is 11.6. The maximum atomic E-state index is 11.6. The second kappa shape index (κ2) is 8.72. The van der Waals surface area contributed by atoms with Crippen LogP contribution in [0.5, 0.6) is 11.5 Å². The van der Waals surface area contributed by atoms with Gasteiger partial charge >= 0.3 is 0 Å². The van der Waals surface area contributed by atoms with Gasteiger partial charge in [-0.15, -0.1) is 0 Å². The van der Waals surface area contributed by atoms with Crippen LogP contribution in [0.25, 0.3) is 0 Å². The molecule has 0 heterocycles. The van der Waals surface area contributed by atoms with Gasteiger partial charge in [0.2, 0.25) is 0 Å². The Balaban J connectivity index is 1.62. The van der Waals surface area contributed by atoms with Crippen LogP contribution in [0.15, 0.2) is 54.6 Å². The number of hydrogen-bond acceptors (Lipinski definition) is 3. The van der Waals surface area contributed by atoms with Crippen LogP contribution in [-0.4, -0.2) is 25.7 Å². The minimum absolute atomic E-state index is 0.00926. The van der Waals surface area contributed by atoms with Gasteiger partial charge in [0.1, 0.15) is 18.1 Å². The van der Waals surface area contributed by atoms with Crippen molar-refractivity contribution < 1.29 is 14.3 Å². The minimum Gasteiger partial charge on any atom is -0.492 e. The van der Waals surface area contributed by atoms with Crippen molar-refractivity contribution in [2.45, 2.75) is 13.3 Å². The van der Waals surface area contributed by atoms with Gasteiger partial charge < -0.3 is 14.8 Å². The van der Waals surface area contributed by atoms with Crippen LogP contribution >= 0.6 is 0 Å². The first-order chi connectivity index (χ1) is 10.8. The lowest BCUT2D eigenvalue weighted by atomic mass is 10.2. The van der Waals surface area contributed by atoms with Gasteiger partial charge in [-0.05, 0) is 36.2 Å². The van der Waals surface area contributed by atoms with Crippen molar-refractivity contribution in [1.82, 2.24) is 5.32 Å². The van der Waals surface area contributed by atoms with E-state index < -0.39 is 0 Å². The topological polar surface area (TPSA) is 47.6 Å². The molecule has 2 aromatic carbocycles. The van der Waals surface area contributed by atoms with Crippen LogP contribution in [0.1, 0.15) is 12.5 Å². The molecule has 0 aliphatic carbocycles. The quantitative estimate of drug-likeness (QED) is 0.763.